The molecule has 92 valence electrons. The predicted molar refractivity (Wildman–Crippen MR) is 75.3 cm³/mol. The van der Waals surface area contributed by atoms with Crippen molar-refractivity contribution in [3.05, 3.63) is 70.7 Å². The molecule has 0 fully saturated rings. The van der Waals surface area contributed by atoms with Gasteiger partial charge in [-0.1, -0.05) is 54.1 Å². The van der Waals surface area contributed by atoms with Crippen LogP contribution in [-0.2, 0) is 0 Å². The van der Waals surface area contributed by atoms with Crippen LogP contribution in [0.3, 0.4) is 0 Å². The van der Waals surface area contributed by atoms with Crippen molar-refractivity contribution in [3.8, 4) is 0 Å². The van der Waals surface area contributed by atoms with E-state index in [4.69, 9.17) is 11.6 Å². The van der Waals surface area contributed by atoms with Crippen molar-refractivity contribution in [1.82, 2.24) is 0 Å². The molecule has 1 atom stereocenters. The number of aliphatic imine (C=N–C) groups is 1. The van der Waals surface area contributed by atoms with Gasteiger partial charge in [-0.15, -0.1) is 0 Å². The lowest BCUT2D eigenvalue weighted by Gasteiger charge is -2.07. The van der Waals surface area contributed by atoms with Crippen LogP contribution in [0.4, 0.5) is 0 Å². The van der Waals surface area contributed by atoms with Crippen LogP contribution in [0.5, 0.6) is 0 Å². The van der Waals surface area contributed by atoms with Crippen LogP contribution >= 0.6 is 11.6 Å². The van der Waals surface area contributed by atoms with Crippen molar-refractivity contribution >= 4 is 17.8 Å². The van der Waals surface area contributed by atoms with E-state index in [0.717, 1.165) is 11.1 Å². The minimum Gasteiger partial charge on any atom is -0.386 e. The summed E-state index contributed by atoms with van der Waals surface area (Å²) >= 11 is 5.79. The van der Waals surface area contributed by atoms with Gasteiger partial charge in [0.2, 0.25) is 0 Å². The number of aliphatic hydroxyl groups is 1. The molecule has 1 N–H and O–H groups in total. The molecule has 0 heterocycles. The summed E-state index contributed by atoms with van der Waals surface area (Å²) in [6.07, 6.45) is 1.18. The number of hydrogen-bond acceptors (Lipinski definition) is 2. The highest BCUT2D eigenvalue weighted by Gasteiger charge is 2.04. The Morgan fingerprint density at radius 1 is 1.06 bits per heavy atom. The van der Waals surface area contributed by atoms with E-state index in [1.807, 2.05) is 54.6 Å². The van der Waals surface area contributed by atoms with Crippen LogP contribution in [0, 0.1) is 0 Å². The lowest BCUT2D eigenvalue weighted by Crippen LogP contribution is -2.01. The van der Waals surface area contributed by atoms with E-state index >= 15 is 0 Å². The number of aliphatic hydroxyl groups excluding tert-OH is 1. The third-order valence-corrected chi connectivity index (χ3v) is 2.83. The second-order valence-electron chi connectivity index (χ2n) is 3.97. The van der Waals surface area contributed by atoms with Crippen LogP contribution in [0.25, 0.3) is 0 Å². The Labute approximate surface area is 112 Å². The van der Waals surface area contributed by atoms with Gasteiger partial charge < -0.3 is 5.11 Å². The predicted octanol–water partition coefficient (Wildman–Crippen LogP) is 3.49. The minimum absolute atomic E-state index is 0.354. The van der Waals surface area contributed by atoms with Crippen LogP contribution in [0.1, 0.15) is 17.2 Å². The molecule has 0 saturated heterocycles. The fraction of sp³-hybridized carbons (Fsp3) is 0.133. The van der Waals surface area contributed by atoms with Gasteiger partial charge in [-0.05, 0) is 23.3 Å². The van der Waals surface area contributed by atoms with Gasteiger partial charge in [0.05, 0.1) is 12.6 Å². The van der Waals surface area contributed by atoms with Gasteiger partial charge in [-0.25, -0.2) is 0 Å². The molecule has 0 bridgehead atoms. The van der Waals surface area contributed by atoms with Gasteiger partial charge >= 0.3 is 0 Å². The van der Waals surface area contributed by atoms with Crippen molar-refractivity contribution in [1.29, 1.82) is 0 Å². The molecule has 3 heteroatoms. The maximum Gasteiger partial charge on any atom is 0.0985 e. The number of nitrogens with zero attached hydrogens (tertiary/aromatic N) is 1. The van der Waals surface area contributed by atoms with Gasteiger partial charge in [-0.2, -0.15) is 0 Å². The Bertz CT molecular complexity index is 508. The molecular weight excluding hydrogens is 246 g/mol. The van der Waals surface area contributed by atoms with Crippen LogP contribution in [-0.4, -0.2) is 17.9 Å². The largest absolute Gasteiger partial charge is 0.386 e. The summed E-state index contributed by atoms with van der Waals surface area (Å²) in [7, 11) is 0. The highest BCUT2D eigenvalue weighted by Crippen LogP contribution is 2.12. The molecule has 2 aromatic carbocycles. The molecule has 0 aliphatic rings. The third kappa shape index (κ3) is 3.69. The zero-order valence-corrected chi connectivity index (χ0v) is 10.6. The standard InChI is InChI=1S/C15H14ClNO/c16-14-8-6-12(7-9-14)10-17-11-15(18)13-4-2-1-3-5-13/h1-10,15,18H,11H2. The van der Waals surface area contributed by atoms with Gasteiger partial charge in [0.1, 0.15) is 0 Å². The fourth-order valence-electron chi connectivity index (χ4n) is 1.59. The fourth-order valence-corrected chi connectivity index (χ4v) is 1.71. The average Bonchev–Trinajstić information content (AvgIpc) is 2.42. The van der Waals surface area contributed by atoms with Gasteiger partial charge in [-0.3, -0.25) is 4.99 Å². The molecule has 0 amide bonds. The maximum atomic E-state index is 9.91. The molecule has 18 heavy (non-hydrogen) atoms. The van der Waals surface area contributed by atoms with E-state index in [1.165, 1.54) is 0 Å². The third-order valence-electron chi connectivity index (χ3n) is 2.57. The van der Waals surface area contributed by atoms with Crippen LogP contribution < -0.4 is 0 Å². The van der Waals surface area contributed by atoms with Crippen LogP contribution in [0.2, 0.25) is 5.02 Å². The molecule has 0 aliphatic heterocycles. The van der Waals surface area contributed by atoms with Crippen LogP contribution in [0.15, 0.2) is 59.6 Å². The molecule has 0 aromatic heterocycles. The van der Waals surface area contributed by atoms with E-state index in [9.17, 15) is 5.11 Å². The summed E-state index contributed by atoms with van der Waals surface area (Å²) in [5.74, 6) is 0. The van der Waals surface area contributed by atoms with E-state index in [2.05, 4.69) is 4.99 Å². The first-order valence-corrected chi connectivity index (χ1v) is 6.12. The molecule has 2 nitrogen and oxygen atoms in total. The topological polar surface area (TPSA) is 32.6 Å². The maximum absolute atomic E-state index is 9.91. The second-order valence-corrected chi connectivity index (χ2v) is 4.41. The summed E-state index contributed by atoms with van der Waals surface area (Å²) in [6, 6.07) is 16.9. The number of hydrogen-bond donors (Lipinski definition) is 1. The minimum atomic E-state index is -0.560. The van der Waals surface area contributed by atoms with Gasteiger partial charge in [0, 0.05) is 11.2 Å². The Morgan fingerprint density at radius 3 is 2.39 bits per heavy atom. The van der Waals surface area contributed by atoms with E-state index < -0.39 is 6.10 Å². The Morgan fingerprint density at radius 2 is 1.72 bits per heavy atom. The first-order chi connectivity index (χ1) is 8.75. The lowest BCUT2D eigenvalue weighted by molar-refractivity contribution is 0.187. The Hall–Kier alpha value is -1.64. The summed E-state index contributed by atoms with van der Waals surface area (Å²) in [6.45, 7) is 0.354. The normalized spacial score (nSPS) is 12.8. The first-order valence-electron chi connectivity index (χ1n) is 5.74. The molecule has 0 spiro atoms. The average molecular weight is 260 g/mol. The summed E-state index contributed by atoms with van der Waals surface area (Å²) in [5.41, 5.74) is 1.85. The van der Waals surface area contributed by atoms with Crippen molar-refractivity contribution in [2.45, 2.75) is 6.10 Å². The zero-order valence-electron chi connectivity index (χ0n) is 9.83. The van der Waals surface area contributed by atoms with E-state index in [0.29, 0.717) is 11.6 Å². The molecular formula is C15H14ClNO. The number of benzene rings is 2. The smallest absolute Gasteiger partial charge is 0.0985 e. The molecule has 2 aromatic rings. The quantitative estimate of drug-likeness (QED) is 0.838. The zero-order chi connectivity index (χ0) is 12.8. The summed E-state index contributed by atoms with van der Waals surface area (Å²) < 4.78 is 0. The van der Waals surface area contributed by atoms with E-state index in [-0.39, 0.29) is 0 Å². The first kappa shape index (κ1) is 12.8. The molecule has 0 saturated carbocycles. The van der Waals surface area contributed by atoms with Gasteiger partial charge in [0.25, 0.3) is 0 Å². The highest BCUT2D eigenvalue weighted by atomic mass is 35.5. The van der Waals surface area contributed by atoms with Crippen molar-refractivity contribution in [2.24, 2.45) is 4.99 Å². The van der Waals surface area contributed by atoms with Crippen molar-refractivity contribution in [3.63, 3.8) is 0 Å². The summed E-state index contributed by atoms with van der Waals surface area (Å²) in [4.78, 5) is 4.23. The lowest BCUT2D eigenvalue weighted by atomic mass is 10.1. The Balaban J connectivity index is 1.93. The molecule has 0 aliphatic carbocycles. The SMILES string of the molecule is OC(CN=Cc1ccc(Cl)cc1)c1ccccc1. The molecule has 1 unspecified atom stereocenters. The second kappa shape index (κ2) is 6.34. The van der Waals surface area contributed by atoms with Gasteiger partial charge in [0.15, 0.2) is 0 Å². The Kier molecular flexibility index (Phi) is 4.51. The highest BCUT2D eigenvalue weighted by molar-refractivity contribution is 6.30. The monoisotopic (exact) mass is 259 g/mol. The van der Waals surface area contributed by atoms with Crippen molar-refractivity contribution in [2.75, 3.05) is 6.54 Å². The summed E-state index contributed by atoms with van der Waals surface area (Å²) in [5, 5.41) is 10.6. The van der Waals surface area contributed by atoms with E-state index in [1.54, 1.807) is 6.21 Å². The number of halogens is 1. The van der Waals surface area contributed by atoms with Crippen molar-refractivity contribution < 1.29 is 5.11 Å². The molecule has 2 rings (SSSR count). The number of rotatable bonds is 4. The molecule has 0 radical (unpaired) electrons.